The number of nitrogens with one attached hydrogen (secondary N) is 1. The third-order valence-corrected chi connectivity index (χ3v) is 4.67. The molecular formula is C19H17Br2NO2. The number of hydrogen-bond donors (Lipinski definition) is 1. The van der Waals surface area contributed by atoms with Gasteiger partial charge in [0.1, 0.15) is 18.1 Å². The lowest BCUT2D eigenvalue weighted by Crippen LogP contribution is -2.12. The Morgan fingerprint density at radius 2 is 1.62 bits per heavy atom. The van der Waals surface area contributed by atoms with Crippen LogP contribution in [0.25, 0.3) is 0 Å². The van der Waals surface area contributed by atoms with Crippen molar-refractivity contribution in [3.8, 4) is 5.75 Å². The zero-order valence-corrected chi connectivity index (χ0v) is 16.1. The smallest absolute Gasteiger partial charge is 0.148 e. The second-order valence-electron chi connectivity index (χ2n) is 5.35. The lowest BCUT2D eigenvalue weighted by atomic mass is 10.2. The van der Waals surface area contributed by atoms with E-state index in [4.69, 9.17) is 9.15 Å². The first-order valence-corrected chi connectivity index (χ1v) is 9.19. The molecule has 5 heteroatoms. The van der Waals surface area contributed by atoms with Gasteiger partial charge in [-0.3, -0.25) is 0 Å². The summed E-state index contributed by atoms with van der Waals surface area (Å²) in [6.45, 7) is 1.99. The molecule has 0 amide bonds. The Bertz CT molecular complexity index is 750. The van der Waals surface area contributed by atoms with Gasteiger partial charge in [0, 0.05) is 6.54 Å². The highest BCUT2D eigenvalue weighted by atomic mass is 79.9. The SMILES string of the molecule is Brc1cc(CNCc2ccco2)cc(Br)c1OCc1ccccc1. The number of benzene rings is 2. The van der Waals surface area contributed by atoms with E-state index in [1.54, 1.807) is 6.26 Å². The van der Waals surface area contributed by atoms with E-state index >= 15 is 0 Å². The van der Waals surface area contributed by atoms with Crippen molar-refractivity contribution in [2.24, 2.45) is 0 Å². The van der Waals surface area contributed by atoms with Crippen molar-refractivity contribution >= 4 is 31.9 Å². The Morgan fingerprint density at radius 3 is 2.29 bits per heavy atom. The average molecular weight is 451 g/mol. The van der Waals surface area contributed by atoms with E-state index in [1.807, 2.05) is 30.3 Å². The summed E-state index contributed by atoms with van der Waals surface area (Å²) in [5, 5.41) is 3.36. The van der Waals surface area contributed by atoms with Gasteiger partial charge in [-0.25, -0.2) is 0 Å². The molecule has 0 aliphatic carbocycles. The van der Waals surface area contributed by atoms with Crippen LogP contribution in [0.3, 0.4) is 0 Å². The maximum Gasteiger partial charge on any atom is 0.148 e. The van der Waals surface area contributed by atoms with Gasteiger partial charge < -0.3 is 14.5 Å². The van der Waals surface area contributed by atoms with Gasteiger partial charge in [0.05, 0.1) is 21.8 Å². The second kappa shape index (κ2) is 8.51. The molecule has 0 atom stereocenters. The Kier molecular flexibility index (Phi) is 6.12. The molecule has 0 bridgehead atoms. The predicted molar refractivity (Wildman–Crippen MR) is 102 cm³/mol. The van der Waals surface area contributed by atoms with Crippen LogP contribution in [0.1, 0.15) is 16.9 Å². The van der Waals surface area contributed by atoms with Crippen LogP contribution < -0.4 is 10.1 Å². The number of ether oxygens (including phenoxy) is 1. The average Bonchev–Trinajstić information content (AvgIpc) is 3.08. The monoisotopic (exact) mass is 449 g/mol. The van der Waals surface area contributed by atoms with Gasteiger partial charge in [-0.15, -0.1) is 0 Å². The molecule has 0 aliphatic rings. The summed E-state index contributed by atoms with van der Waals surface area (Å²) in [5.41, 5.74) is 2.30. The molecule has 24 heavy (non-hydrogen) atoms. The van der Waals surface area contributed by atoms with Crippen LogP contribution in [0.15, 0.2) is 74.2 Å². The summed E-state index contributed by atoms with van der Waals surface area (Å²) in [7, 11) is 0. The van der Waals surface area contributed by atoms with Crippen molar-refractivity contribution in [3.63, 3.8) is 0 Å². The molecule has 0 saturated carbocycles. The van der Waals surface area contributed by atoms with Gasteiger partial charge in [0.15, 0.2) is 0 Å². The Hall–Kier alpha value is -1.56. The quantitative estimate of drug-likeness (QED) is 0.503. The van der Waals surface area contributed by atoms with Crippen molar-refractivity contribution in [2.75, 3.05) is 0 Å². The molecule has 0 fully saturated rings. The molecule has 0 saturated heterocycles. The summed E-state index contributed by atoms with van der Waals surface area (Å²) < 4.78 is 13.1. The molecule has 2 aromatic carbocycles. The van der Waals surface area contributed by atoms with Gasteiger partial charge >= 0.3 is 0 Å². The van der Waals surface area contributed by atoms with Crippen molar-refractivity contribution in [1.82, 2.24) is 5.32 Å². The van der Waals surface area contributed by atoms with Crippen molar-refractivity contribution in [2.45, 2.75) is 19.7 Å². The minimum absolute atomic E-state index is 0.536. The fourth-order valence-corrected chi connectivity index (χ4v) is 3.84. The maximum absolute atomic E-state index is 5.94. The van der Waals surface area contributed by atoms with Crippen molar-refractivity contribution in [3.05, 3.63) is 86.7 Å². The maximum atomic E-state index is 5.94. The molecule has 0 spiro atoms. The van der Waals surface area contributed by atoms with E-state index in [0.29, 0.717) is 13.2 Å². The minimum atomic E-state index is 0.536. The predicted octanol–water partition coefficient (Wildman–Crippen LogP) is 5.67. The van der Waals surface area contributed by atoms with Crippen molar-refractivity contribution < 1.29 is 9.15 Å². The Labute approximate surface area is 158 Å². The van der Waals surface area contributed by atoms with Crippen LogP contribution in [0.4, 0.5) is 0 Å². The van der Waals surface area contributed by atoms with E-state index in [-0.39, 0.29) is 0 Å². The Balaban J connectivity index is 1.60. The van der Waals surface area contributed by atoms with E-state index in [1.165, 1.54) is 0 Å². The van der Waals surface area contributed by atoms with Crippen LogP contribution in [0.5, 0.6) is 5.75 Å². The fraction of sp³-hybridized carbons (Fsp3) is 0.158. The first-order chi connectivity index (χ1) is 11.7. The highest BCUT2D eigenvalue weighted by Crippen LogP contribution is 2.35. The molecule has 0 aliphatic heterocycles. The molecular weight excluding hydrogens is 434 g/mol. The zero-order chi connectivity index (χ0) is 16.8. The molecule has 3 rings (SSSR count). The third-order valence-electron chi connectivity index (χ3n) is 3.49. The number of furan rings is 1. The summed E-state index contributed by atoms with van der Waals surface area (Å²) in [4.78, 5) is 0. The molecule has 1 N–H and O–H groups in total. The number of halogens is 2. The summed E-state index contributed by atoms with van der Waals surface area (Å²) in [6.07, 6.45) is 1.68. The summed E-state index contributed by atoms with van der Waals surface area (Å²) in [6, 6.07) is 18.1. The topological polar surface area (TPSA) is 34.4 Å². The Morgan fingerprint density at radius 1 is 0.875 bits per heavy atom. The molecule has 3 aromatic rings. The molecule has 3 nitrogen and oxygen atoms in total. The number of hydrogen-bond acceptors (Lipinski definition) is 3. The summed E-state index contributed by atoms with van der Waals surface area (Å²) >= 11 is 7.20. The second-order valence-corrected chi connectivity index (χ2v) is 7.05. The van der Waals surface area contributed by atoms with Crippen LogP contribution >= 0.6 is 31.9 Å². The highest BCUT2D eigenvalue weighted by Gasteiger charge is 2.09. The number of rotatable bonds is 7. The zero-order valence-electron chi connectivity index (χ0n) is 13.0. The molecule has 1 heterocycles. The molecule has 124 valence electrons. The molecule has 0 radical (unpaired) electrons. The first-order valence-electron chi connectivity index (χ1n) is 7.60. The van der Waals surface area contributed by atoms with Gasteiger partial charge in [-0.2, -0.15) is 0 Å². The fourth-order valence-electron chi connectivity index (χ4n) is 2.33. The molecule has 1 aromatic heterocycles. The van der Waals surface area contributed by atoms with E-state index in [2.05, 4.69) is 61.4 Å². The minimum Gasteiger partial charge on any atom is -0.487 e. The molecule has 0 unspecified atom stereocenters. The first kappa shape index (κ1) is 17.3. The normalized spacial score (nSPS) is 10.8. The van der Waals surface area contributed by atoms with Gasteiger partial charge in [-0.1, -0.05) is 30.3 Å². The van der Waals surface area contributed by atoms with Crippen molar-refractivity contribution in [1.29, 1.82) is 0 Å². The van der Waals surface area contributed by atoms with Crippen LogP contribution in [-0.2, 0) is 19.7 Å². The lowest BCUT2D eigenvalue weighted by Gasteiger charge is -2.13. The van der Waals surface area contributed by atoms with E-state index < -0.39 is 0 Å². The largest absolute Gasteiger partial charge is 0.487 e. The van der Waals surface area contributed by atoms with Crippen LogP contribution in [0.2, 0.25) is 0 Å². The van der Waals surface area contributed by atoms with E-state index in [9.17, 15) is 0 Å². The van der Waals surface area contributed by atoms with Gasteiger partial charge in [0.25, 0.3) is 0 Å². The van der Waals surface area contributed by atoms with Crippen LogP contribution in [0, 0.1) is 0 Å². The van der Waals surface area contributed by atoms with Gasteiger partial charge in [0.2, 0.25) is 0 Å². The van der Waals surface area contributed by atoms with Gasteiger partial charge in [-0.05, 0) is 67.3 Å². The lowest BCUT2D eigenvalue weighted by molar-refractivity contribution is 0.302. The third kappa shape index (κ3) is 4.72. The summed E-state index contributed by atoms with van der Waals surface area (Å²) in [5.74, 6) is 1.74. The van der Waals surface area contributed by atoms with E-state index in [0.717, 1.165) is 38.1 Å². The highest BCUT2D eigenvalue weighted by molar-refractivity contribution is 9.11. The standard InChI is InChI=1S/C19H17Br2NO2/c20-17-9-15(11-22-12-16-7-4-8-23-16)10-18(21)19(17)24-13-14-5-2-1-3-6-14/h1-10,22H,11-13H2. The van der Waals surface area contributed by atoms with Crippen LogP contribution in [-0.4, -0.2) is 0 Å².